The molecule has 3 heteroatoms. The zero-order valence-corrected chi connectivity index (χ0v) is 9.24. The van der Waals surface area contributed by atoms with Gasteiger partial charge in [0.25, 0.3) is 0 Å². The van der Waals surface area contributed by atoms with Crippen molar-refractivity contribution in [1.29, 1.82) is 0 Å². The van der Waals surface area contributed by atoms with Crippen LogP contribution in [-0.2, 0) is 0 Å². The smallest absolute Gasteiger partial charge is 0.352 e. The molecule has 1 aromatic carbocycles. The number of hydrogen-bond donors (Lipinski definition) is 0. The van der Waals surface area contributed by atoms with Gasteiger partial charge >= 0.3 is 5.63 Å². The van der Waals surface area contributed by atoms with E-state index in [1.54, 1.807) is 12.1 Å². The highest BCUT2D eigenvalue weighted by molar-refractivity contribution is 14.1. The Hall–Kier alpha value is -1.28. The van der Waals surface area contributed by atoms with Gasteiger partial charge in [0.1, 0.15) is 11.1 Å². The van der Waals surface area contributed by atoms with E-state index < -0.39 is 0 Å². The minimum atomic E-state index is -0.382. The van der Waals surface area contributed by atoms with Crippen molar-refractivity contribution in [2.45, 2.75) is 0 Å². The molecular formula is C11H5IO2. The molecular weight excluding hydrogens is 291 g/mol. The Kier molecular flexibility index (Phi) is 2.55. The number of benzene rings is 1. The van der Waals surface area contributed by atoms with Crippen LogP contribution in [0.2, 0.25) is 0 Å². The van der Waals surface area contributed by atoms with Gasteiger partial charge in [-0.05, 0) is 22.0 Å². The summed E-state index contributed by atoms with van der Waals surface area (Å²) in [5.41, 5.74) is 0.613. The highest BCUT2D eigenvalue weighted by atomic mass is 127. The first kappa shape index (κ1) is 9.28. The first-order valence-electron chi connectivity index (χ1n) is 3.96. The number of fused-ring (bicyclic) bond motifs is 1. The molecule has 0 spiro atoms. The topological polar surface area (TPSA) is 30.2 Å². The number of para-hydroxylation sites is 1. The van der Waals surface area contributed by atoms with Crippen LogP contribution in [0.1, 0.15) is 5.56 Å². The number of rotatable bonds is 0. The molecule has 2 nitrogen and oxygen atoms in total. The van der Waals surface area contributed by atoms with Gasteiger partial charge in [0.05, 0.1) is 0 Å². The summed E-state index contributed by atoms with van der Waals surface area (Å²) in [6.45, 7) is 0. The molecule has 0 saturated heterocycles. The third-order valence-electron chi connectivity index (χ3n) is 1.82. The minimum Gasteiger partial charge on any atom is -0.422 e. The van der Waals surface area contributed by atoms with Crippen LogP contribution in [0.25, 0.3) is 11.0 Å². The van der Waals surface area contributed by atoms with Gasteiger partial charge in [0.2, 0.25) is 0 Å². The van der Waals surface area contributed by atoms with E-state index >= 15 is 0 Å². The minimum absolute atomic E-state index is 0.382. The zero-order valence-electron chi connectivity index (χ0n) is 7.08. The Bertz CT molecular complexity index is 587. The lowest BCUT2D eigenvalue weighted by molar-refractivity contribution is 0.559. The maximum absolute atomic E-state index is 11.4. The molecule has 0 aliphatic heterocycles. The second-order valence-corrected chi connectivity index (χ2v) is 3.24. The molecule has 0 atom stereocenters. The van der Waals surface area contributed by atoms with Gasteiger partial charge < -0.3 is 4.42 Å². The van der Waals surface area contributed by atoms with Gasteiger partial charge in [-0.25, -0.2) is 4.79 Å². The van der Waals surface area contributed by atoms with Gasteiger partial charge in [0, 0.05) is 28.0 Å². The molecule has 0 unspecified atom stereocenters. The Balaban J connectivity index is 2.82. The van der Waals surface area contributed by atoms with Crippen molar-refractivity contribution in [2.75, 3.05) is 0 Å². The molecule has 0 aliphatic rings. The maximum Gasteiger partial charge on any atom is 0.352 e. The molecule has 0 fully saturated rings. The summed E-state index contributed by atoms with van der Waals surface area (Å²) in [5.74, 6) is 2.70. The van der Waals surface area contributed by atoms with Crippen LogP contribution in [0.5, 0.6) is 0 Å². The molecule has 0 aliphatic carbocycles. The lowest BCUT2D eigenvalue weighted by Crippen LogP contribution is -2.02. The quantitative estimate of drug-likeness (QED) is 0.425. The third-order valence-corrected chi connectivity index (χ3v) is 2.09. The van der Waals surface area contributed by atoms with Crippen LogP contribution < -0.4 is 5.63 Å². The summed E-state index contributed by atoms with van der Waals surface area (Å²) < 4.78 is 7.73. The van der Waals surface area contributed by atoms with E-state index in [9.17, 15) is 4.79 Å². The van der Waals surface area contributed by atoms with E-state index in [4.69, 9.17) is 4.42 Å². The van der Waals surface area contributed by atoms with E-state index in [0.717, 1.165) is 5.39 Å². The van der Waals surface area contributed by atoms with Crippen LogP contribution in [0.4, 0.5) is 0 Å². The molecule has 68 valence electrons. The SMILES string of the molecule is O=c1oc2ccccc2cc1C#CI. The van der Waals surface area contributed by atoms with Crippen molar-refractivity contribution >= 4 is 33.6 Å². The van der Waals surface area contributed by atoms with E-state index in [-0.39, 0.29) is 5.63 Å². The van der Waals surface area contributed by atoms with Crippen LogP contribution >= 0.6 is 22.6 Å². The average molecular weight is 296 g/mol. The van der Waals surface area contributed by atoms with Crippen molar-refractivity contribution in [1.82, 2.24) is 0 Å². The predicted molar refractivity (Wildman–Crippen MR) is 63.4 cm³/mol. The van der Waals surface area contributed by atoms with Gasteiger partial charge in [-0.2, -0.15) is 0 Å². The Morgan fingerprint density at radius 2 is 2.07 bits per heavy atom. The van der Waals surface area contributed by atoms with Crippen molar-refractivity contribution in [3.05, 3.63) is 46.3 Å². The molecule has 0 N–H and O–H groups in total. The van der Waals surface area contributed by atoms with Crippen LogP contribution in [0, 0.1) is 9.85 Å². The van der Waals surface area contributed by atoms with E-state index in [1.807, 2.05) is 40.8 Å². The van der Waals surface area contributed by atoms with Crippen molar-refractivity contribution < 1.29 is 4.42 Å². The molecule has 14 heavy (non-hydrogen) atoms. The first-order chi connectivity index (χ1) is 6.81. The Morgan fingerprint density at radius 1 is 1.29 bits per heavy atom. The highest BCUT2D eigenvalue weighted by Crippen LogP contribution is 2.11. The fraction of sp³-hybridized carbons (Fsp3) is 0. The zero-order chi connectivity index (χ0) is 9.97. The molecule has 2 rings (SSSR count). The summed E-state index contributed by atoms with van der Waals surface area (Å²) in [5, 5.41) is 0.890. The maximum atomic E-state index is 11.4. The standard InChI is InChI=1S/C11H5IO2/c12-6-5-9-7-8-3-1-2-4-10(8)14-11(9)13/h1-4,7H. The second kappa shape index (κ2) is 3.84. The highest BCUT2D eigenvalue weighted by Gasteiger charge is 2.01. The second-order valence-electron chi connectivity index (χ2n) is 2.70. The average Bonchev–Trinajstić information content (AvgIpc) is 2.19. The van der Waals surface area contributed by atoms with Gasteiger partial charge in [-0.15, -0.1) is 0 Å². The molecule has 0 saturated carbocycles. The van der Waals surface area contributed by atoms with E-state index in [1.165, 1.54) is 0 Å². The third kappa shape index (κ3) is 1.66. The normalized spacial score (nSPS) is 9.50. The molecule has 0 amide bonds. The fourth-order valence-electron chi connectivity index (χ4n) is 1.20. The van der Waals surface area contributed by atoms with Crippen molar-refractivity contribution in [2.24, 2.45) is 0 Å². The molecule has 0 radical (unpaired) electrons. The predicted octanol–water partition coefficient (Wildman–Crippen LogP) is 2.54. The monoisotopic (exact) mass is 296 g/mol. The van der Waals surface area contributed by atoms with Gasteiger partial charge in [0.15, 0.2) is 0 Å². The Morgan fingerprint density at radius 3 is 2.86 bits per heavy atom. The van der Waals surface area contributed by atoms with Crippen LogP contribution in [-0.4, -0.2) is 0 Å². The van der Waals surface area contributed by atoms with Crippen molar-refractivity contribution in [3.8, 4) is 9.85 Å². The number of hydrogen-bond acceptors (Lipinski definition) is 2. The largest absolute Gasteiger partial charge is 0.422 e. The van der Waals surface area contributed by atoms with Gasteiger partial charge in [-0.3, -0.25) is 0 Å². The number of halogens is 1. The first-order valence-corrected chi connectivity index (χ1v) is 5.03. The molecule has 2 aromatic rings. The lowest BCUT2D eigenvalue weighted by atomic mass is 10.2. The van der Waals surface area contributed by atoms with E-state index in [2.05, 4.69) is 9.85 Å². The van der Waals surface area contributed by atoms with Crippen LogP contribution in [0.15, 0.2) is 39.5 Å². The Labute approximate surface area is 94.1 Å². The summed E-state index contributed by atoms with van der Waals surface area (Å²) >= 11 is 1.89. The van der Waals surface area contributed by atoms with Crippen molar-refractivity contribution in [3.63, 3.8) is 0 Å². The summed E-state index contributed by atoms with van der Waals surface area (Å²) in [6.07, 6.45) is 0. The summed E-state index contributed by atoms with van der Waals surface area (Å²) in [6, 6.07) is 9.11. The summed E-state index contributed by atoms with van der Waals surface area (Å²) in [4.78, 5) is 11.4. The molecule has 0 bridgehead atoms. The van der Waals surface area contributed by atoms with Gasteiger partial charge in [-0.1, -0.05) is 18.2 Å². The summed E-state index contributed by atoms with van der Waals surface area (Å²) in [7, 11) is 0. The van der Waals surface area contributed by atoms with Crippen LogP contribution in [0.3, 0.4) is 0 Å². The lowest BCUT2D eigenvalue weighted by Gasteiger charge is -1.95. The molecule has 1 heterocycles. The van der Waals surface area contributed by atoms with E-state index in [0.29, 0.717) is 11.1 Å². The molecule has 1 aromatic heterocycles. The fourth-order valence-corrected chi connectivity index (χ4v) is 1.49.